The van der Waals surface area contributed by atoms with E-state index in [0.717, 1.165) is 24.1 Å². The van der Waals surface area contributed by atoms with Crippen LogP contribution in [0.15, 0.2) is 47.4 Å². The summed E-state index contributed by atoms with van der Waals surface area (Å²) >= 11 is 0. The van der Waals surface area contributed by atoms with Crippen LogP contribution < -0.4 is 15.4 Å². The second-order valence-electron chi connectivity index (χ2n) is 6.82. The van der Waals surface area contributed by atoms with Crippen LogP contribution in [0.3, 0.4) is 0 Å². The highest BCUT2D eigenvalue weighted by Gasteiger charge is 2.36. The molecule has 0 saturated heterocycles. The molecule has 1 aliphatic heterocycles. The van der Waals surface area contributed by atoms with E-state index >= 15 is 0 Å². The minimum absolute atomic E-state index is 0.0845. The molecule has 2 aromatic rings. The van der Waals surface area contributed by atoms with Crippen molar-refractivity contribution in [1.29, 1.82) is 0 Å². The van der Waals surface area contributed by atoms with Gasteiger partial charge in [-0.25, -0.2) is 8.42 Å². The van der Waals surface area contributed by atoms with Crippen molar-refractivity contribution in [2.24, 2.45) is 11.7 Å². The number of primary amides is 1. The quantitative estimate of drug-likeness (QED) is 0.819. The van der Waals surface area contributed by atoms with Gasteiger partial charge in [-0.3, -0.25) is 14.3 Å². The van der Waals surface area contributed by atoms with E-state index in [1.807, 2.05) is 0 Å². The lowest BCUT2D eigenvalue weighted by Gasteiger charge is -2.17. The maximum atomic E-state index is 12.8. The third-order valence-corrected chi connectivity index (χ3v) is 6.25. The summed E-state index contributed by atoms with van der Waals surface area (Å²) in [5.41, 5.74) is 7.15. The van der Waals surface area contributed by atoms with Crippen molar-refractivity contribution < 1.29 is 18.0 Å². The molecule has 1 heterocycles. The van der Waals surface area contributed by atoms with E-state index in [4.69, 9.17) is 5.73 Å². The molecule has 7 nitrogen and oxygen atoms in total. The molecule has 1 saturated carbocycles. The topological polar surface area (TPSA) is 110 Å². The predicted molar refractivity (Wildman–Crippen MR) is 101 cm³/mol. The number of sulfonamides is 1. The predicted octanol–water partition coefficient (Wildman–Crippen LogP) is 1.89. The molecule has 0 unspecified atom stereocenters. The Morgan fingerprint density at radius 3 is 2.56 bits per heavy atom. The Morgan fingerprint density at radius 2 is 1.85 bits per heavy atom. The second kappa shape index (κ2) is 6.38. The maximum Gasteiger partial charge on any atom is 0.261 e. The van der Waals surface area contributed by atoms with Crippen LogP contribution in [-0.4, -0.2) is 26.8 Å². The normalized spacial score (nSPS) is 16.1. The minimum Gasteiger partial charge on any atom is -0.366 e. The number of nitrogens with zero attached hydrogens (tertiary/aromatic N) is 1. The summed E-state index contributed by atoms with van der Waals surface area (Å²) in [5.74, 6) is -0.472. The van der Waals surface area contributed by atoms with Crippen LogP contribution in [0.25, 0.3) is 0 Å². The second-order valence-corrected chi connectivity index (χ2v) is 8.50. The van der Waals surface area contributed by atoms with Crippen LogP contribution in [0.1, 0.15) is 28.8 Å². The van der Waals surface area contributed by atoms with Crippen LogP contribution >= 0.6 is 0 Å². The first-order valence-corrected chi connectivity index (χ1v) is 10.2. The van der Waals surface area contributed by atoms with E-state index in [1.165, 1.54) is 18.2 Å². The number of hydrogen-bond acceptors (Lipinski definition) is 4. The van der Waals surface area contributed by atoms with Crippen molar-refractivity contribution in [2.75, 3.05) is 16.2 Å². The molecule has 0 radical (unpaired) electrons. The largest absolute Gasteiger partial charge is 0.366 e. The smallest absolute Gasteiger partial charge is 0.261 e. The Kier molecular flexibility index (Phi) is 4.15. The molecule has 0 spiro atoms. The summed E-state index contributed by atoms with van der Waals surface area (Å²) in [7, 11) is -3.89. The molecule has 2 aromatic carbocycles. The van der Waals surface area contributed by atoms with Crippen LogP contribution in [0, 0.1) is 5.92 Å². The molecule has 0 bridgehead atoms. The van der Waals surface area contributed by atoms with Gasteiger partial charge in [0.1, 0.15) is 0 Å². The van der Waals surface area contributed by atoms with Crippen LogP contribution in [0.4, 0.5) is 11.4 Å². The monoisotopic (exact) mass is 385 g/mol. The molecule has 0 aromatic heterocycles. The van der Waals surface area contributed by atoms with E-state index in [-0.39, 0.29) is 28.0 Å². The van der Waals surface area contributed by atoms with Gasteiger partial charge in [-0.2, -0.15) is 0 Å². The standard InChI is InChI=1S/C19H19N3O4S/c20-18(23)15-3-1-2-4-16(15)21-27(25,26)14-7-8-17-13(11-14)9-10-22(17)19(24)12-5-6-12/h1-4,7-8,11-12,21H,5-6,9-10H2,(H2,20,23). The van der Waals surface area contributed by atoms with Gasteiger partial charge in [-0.1, -0.05) is 12.1 Å². The van der Waals surface area contributed by atoms with E-state index in [0.29, 0.717) is 13.0 Å². The highest BCUT2D eigenvalue weighted by atomic mass is 32.2. The lowest BCUT2D eigenvalue weighted by atomic mass is 10.2. The first kappa shape index (κ1) is 17.5. The molecule has 1 aliphatic carbocycles. The number of rotatable bonds is 5. The van der Waals surface area contributed by atoms with E-state index in [1.54, 1.807) is 29.2 Å². The van der Waals surface area contributed by atoms with Crippen molar-refractivity contribution >= 4 is 33.2 Å². The number of carbonyl (C=O) groups excluding carboxylic acids is 2. The molecular formula is C19H19N3O4S. The Hall–Kier alpha value is -2.87. The van der Waals surface area contributed by atoms with Crippen molar-refractivity contribution in [3.63, 3.8) is 0 Å². The van der Waals surface area contributed by atoms with Gasteiger partial charge in [0, 0.05) is 18.2 Å². The summed E-state index contributed by atoms with van der Waals surface area (Å²) in [5, 5.41) is 0. The van der Waals surface area contributed by atoms with Gasteiger partial charge >= 0.3 is 0 Å². The van der Waals surface area contributed by atoms with Gasteiger partial charge in [0.15, 0.2) is 0 Å². The molecule has 0 atom stereocenters. The van der Waals surface area contributed by atoms with Gasteiger partial charge in [0.05, 0.1) is 16.1 Å². The minimum atomic E-state index is -3.89. The number of fused-ring (bicyclic) bond motifs is 1. The number of para-hydroxylation sites is 1. The maximum absolute atomic E-state index is 12.8. The average Bonchev–Trinajstić information content (AvgIpc) is 3.40. The molecule has 2 aliphatic rings. The molecule has 140 valence electrons. The summed E-state index contributed by atoms with van der Waals surface area (Å²) in [6.45, 7) is 0.576. The van der Waals surface area contributed by atoms with Gasteiger partial charge in [0.25, 0.3) is 15.9 Å². The molecule has 4 rings (SSSR count). The zero-order valence-electron chi connectivity index (χ0n) is 14.5. The molecule has 3 N–H and O–H groups in total. The average molecular weight is 385 g/mol. The highest BCUT2D eigenvalue weighted by molar-refractivity contribution is 7.92. The SMILES string of the molecule is NC(=O)c1ccccc1NS(=O)(=O)c1ccc2c(c1)CCN2C(=O)C1CC1. The fraction of sp³-hybridized carbons (Fsp3) is 0.263. The summed E-state index contributed by atoms with van der Waals surface area (Å²) in [4.78, 5) is 25.7. The Morgan fingerprint density at radius 1 is 1.11 bits per heavy atom. The van der Waals surface area contributed by atoms with Gasteiger partial charge in [0.2, 0.25) is 5.91 Å². The Labute approximate surface area is 157 Å². The molecule has 2 amide bonds. The van der Waals surface area contributed by atoms with Gasteiger partial charge in [-0.05, 0) is 55.2 Å². The Bertz CT molecular complexity index is 1040. The van der Waals surface area contributed by atoms with Crippen molar-refractivity contribution in [1.82, 2.24) is 0 Å². The number of anilines is 2. The van der Waals surface area contributed by atoms with Crippen molar-refractivity contribution in [2.45, 2.75) is 24.2 Å². The van der Waals surface area contributed by atoms with Crippen LogP contribution in [0.2, 0.25) is 0 Å². The first-order valence-electron chi connectivity index (χ1n) is 8.73. The number of nitrogens with two attached hydrogens (primary N) is 1. The highest BCUT2D eigenvalue weighted by Crippen LogP contribution is 2.37. The number of hydrogen-bond donors (Lipinski definition) is 2. The van der Waals surface area contributed by atoms with Crippen LogP contribution in [0.5, 0.6) is 0 Å². The molecule has 1 fully saturated rings. The van der Waals surface area contributed by atoms with Gasteiger partial charge in [-0.15, -0.1) is 0 Å². The fourth-order valence-electron chi connectivity index (χ4n) is 3.32. The summed E-state index contributed by atoms with van der Waals surface area (Å²) in [6.07, 6.45) is 2.48. The third-order valence-electron chi connectivity index (χ3n) is 4.89. The van der Waals surface area contributed by atoms with Crippen molar-refractivity contribution in [3.05, 3.63) is 53.6 Å². The summed E-state index contributed by atoms with van der Waals surface area (Å²) < 4.78 is 28.0. The van der Waals surface area contributed by atoms with Crippen molar-refractivity contribution in [3.8, 4) is 0 Å². The third kappa shape index (κ3) is 3.28. The van der Waals surface area contributed by atoms with E-state index in [9.17, 15) is 18.0 Å². The Balaban J connectivity index is 1.62. The zero-order valence-corrected chi connectivity index (χ0v) is 15.3. The number of carbonyl (C=O) groups is 2. The fourth-order valence-corrected chi connectivity index (χ4v) is 4.45. The lowest BCUT2D eigenvalue weighted by Crippen LogP contribution is -2.30. The number of benzene rings is 2. The molecule has 27 heavy (non-hydrogen) atoms. The van der Waals surface area contributed by atoms with E-state index < -0.39 is 15.9 Å². The molecule has 8 heteroatoms. The lowest BCUT2D eigenvalue weighted by molar-refractivity contribution is -0.119. The summed E-state index contributed by atoms with van der Waals surface area (Å²) in [6, 6.07) is 10.9. The first-order chi connectivity index (χ1) is 12.9. The molecular weight excluding hydrogens is 366 g/mol. The zero-order chi connectivity index (χ0) is 19.2. The number of amides is 2. The van der Waals surface area contributed by atoms with E-state index in [2.05, 4.69) is 4.72 Å². The van der Waals surface area contributed by atoms with Crippen LogP contribution in [-0.2, 0) is 21.2 Å². The number of nitrogens with one attached hydrogen (secondary N) is 1. The van der Waals surface area contributed by atoms with Gasteiger partial charge < -0.3 is 10.6 Å².